The number of rotatable bonds is 5. The summed E-state index contributed by atoms with van der Waals surface area (Å²) in [6.07, 6.45) is 0.467. The van der Waals surface area contributed by atoms with Crippen LogP contribution >= 0.6 is 11.6 Å². The molecule has 0 saturated carbocycles. The van der Waals surface area contributed by atoms with E-state index in [-0.39, 0.29) is 5.78 Å². The molecule has 94 valence electrons. The van der Waals surface area contributed by atoms with Gasteiger partial charge in [-0.15, -0.1) is 0 Å². The summed E-state index contributed by atoms with van der Waals surface area (Å²) in [5.41, 5.74) is 0.484. The lowest BCUT2D eigenvalue weighted by Gasteiger charge is -2.11. The highest BCUT2D eigenvalue weighted by atomic mass is 35.5. The van der Waals surface area contributed by atoms with Gasteiger partial charge in [-0.1, -0.05) is 25.4 Å². The predicted molar refractivity (Wildman–Crippen MR) is 68.3 cm³/mol. The summed E-state index contributed by atoms with van der Waals surface area (Å²) in [5, 5.41) is 0.397. The molecule has 1 aromatic carbocycles. The number of ether oxygens (including phenoxy) is 2. The lowest BCUT2D eigenvalue weighted by Crippen LogP contribution is -2.05. The fraction of sp³-hybridized carbons (Fsp3) is 0.462. The first kappa shape index (κ1) is 13.8. The number of benzene rings is 1. The number of methoxy groups -OCH3 is 2. The zero-order valence-electron chi connectivity index (χ0n) is 10.5. The maximum Gasteiger partial charge on any atom is 0.164 e. The van der Waals surface area contributed by atoms with Gasteiger partial charge in [0.25, 0.3) is 0 Å². The van der Waals surface area contributed by atoms with Gasteiger partial charge in [0.05, 0.1) is 19.2 Å². The van der Waals surface area contributed by atoms with Gasteiger partial charge in [0.15, 0.2) is 17.3 Å². The van der Waals surface area contributed by atoms with Crippen molar-refractivity contribution in [2.24, 2.45) is 5.92 Å². The maximum absolute atomic E-state index is 12.0. The van der Waals surface area contributed by atoms with Crippen molar-refractivity contribution in [1.82, 2.24) is 0 Å². The summed E-state index contributed by atoms with van der Waals surface area (Å²) in [6.45, 7) is 3.99. The molecule has 0 radical (unpaired) electrons. The number of halogens is 1. The van der Waals surface area contributed by atoms with E-state index in [4.69, 9.17) is 21.1 Å². The molecule has 0 aliphatic rings. The average Bonchev–Trinajstić information content (AvgIpc) is 2.27. The molecule has 4 heteroatoms. The van der Waals surface area contributed by atoms with Gasteiger partial charge in [-0.2, -0.15) is 0 Å². The van der Waals surface area contributed by atoms with Gasteiger partial charge >= 0.3 is 0 Å². The Kier molecular flexibility index (Phi) is 4.82. The minimum atomic E-state index is 0.0194. The van der Waals surface area contributed by atoms with E-state index in [0.29, 0.717) is 34.4 Å². The molecule has 0 spiro atoms. The SMILES string of the molecule is COc1cc(Cl)c(C(=O)CC(C)C)cc1OC. The second-order valence-electron chi connectivity index (χ2n) is 4.21. The van der Waals surface area contributed by atoms with E-state index in [9.17, 15) is 4.79 Å². The van der Waals surface area contributed by atoms with Crippen molar-refractivity contribution in [2.45, 2.75) is 20.3 Å². The number of Topliss-reactive ketones (excluding diaryl/α,β-unsaturated/α-hetero) is 1. The molecule has 1 aromatic rings. The van der Waals surface area contributed by atoms with E-state index in [0.717, 1.165) is 0 Å². The molecular formula is C13H17ClO3. The van der Waals surface area contributed by atoms with Crippen molar-refractivity contribution in [2.75, 3.05) is 14.2 Å². The van der Waals surface area contributed by atoms with Crippen LogP contribution < -0.4 is 9.47 Å². The molecule has 0 unspecified atom stereocenters. The molecular weight excluding hydrogens is 240 g/mol. The third-order valence-electron chi connectivity index (χ3n) is 2.37. The van der Waals surface area contributed by atoms with Crippen LogP contribution in [0.1, 0.15) is 30.6 Å². The third-order valence-corrected chi connectivity index (χ3v) is 2.68. The standard InChI is InChI=1S/C13H17ClO3/c1-8(2)5-11(15)9-6-12(16-3)13(17-4)7-10(9)14/h6-8H,5H2,1-4H3. The smallest absolute Gasteiger partial charge is 0.164 e. The Hall–Kier alpha value is -1.22. The van der Waals surface area contributed by atoms with Crippen molar-refractivity contribution in [3.8, 4) is 11.5 Å². The summed E-state index contributed by atoms with van der Waals surface area (Å²) in [7, 11) is 3.06. The molecule has 17 heavy (non-hydrogen) atoms. The van der Waals surface area contributed by atoms with Crippen LogP contribution in [0.3, 0.4) is 0 Å². The Morgan fingerprint density at radius 1 is 1.24 bits per heavy atom. The van der Waals surface area contributed by atoms with Crippen LogP contribution in [-0.4, -0.2) is 20.0 Å². The van der Waals surface area contributed by atoms with Crippen LogP contribution in [0.25, 0.3) is 0 Å². The number of carbonyl (C=O) groups excluding carboxylic acids is 1. The fourth-order valence-electron chi connectivity index (χ4n) is 1.55. The topological polar surface area (TPSA) is 35.5 Å². The Bertz CT molecular complexity index is 413. The van der Waals surface area contributed by atoms with Crippen LogP contribution in [0.2, 0.25) is 5.02 Å². The second kappa shape index (κ2) is 5.92. The van der Waals surface area contributed by atoms with Crippen molar-refractivity contribution < 1.29 is 14.3 Å². The number of ketones is 1. The van der Waals surface area contributed by atoms with Crippen LogP contribution in [-0.2, 0) is 0 Å². The molecule has 0 aliphatic heterocycles. The van der Waals surface area contributed by atoms with Crippen LogP contribution in [0.15, 0.2) is 12.1 Å². The highest BCUT2D eigenvalue weighted by Crippen LogP contribution is 2.33. The first-order valence-electron chi connectivity index (χ1n) is 5.44. The monoisotopic (exact) mass is 256 g/mol. The minimum Gasteiger partial charge on any atom is -0.493 e. The van der Waals surface area contributed by atoms with Crippen molar-refractivity contribution >= 4 is 17.4 Å². The van der Waals surface area contributed by atoms with E-state index in [1.54, 1.807) is 12.1 Å². The van der Waals surface area contributed by atoms with Crippen LogP contribution in [0, 0.1) is 5.92 Å². The van der Waals surface area contributed by atoms with Gasteiger partial charge in [0, 0.05) is 18.1 Å². The zero-order chi connectivity index (χ0) is 13.0. The maximum atomic E-state index is 12.0. The third kappa shape index (κ3) is 3.37. The first-order chi connectivity index (χ1) is 7.99. The predicted octanol–water partition coefficient (Wildman–Crippen LogP) is 3.59. The number of carbonyl (C=O) groups is 1. The molecule has 0 atom stereocenters. The molecule has 1 rings (SSSR count). The molecule has 0 aliphatic carbocycles. The molecule has 3 nitrogen and oxygen atoms in total. The number of hydrogen-bond donors (Lipinski definition) is 0. The molecule has 0 bridgehead atoms. The quantitative estimate of drug-likeness (QED) is 0.756. The summed E-state index contributed by atoms with van der Waals surface area (Å²) in [4.78, 5) is 12.0. The molecule has 0 saturated heterocycles. The van der Waals surface area contributed by atoms with Gasteiger partial charge in [0.2, 0.25) is 0 Å². The molecule has 0 amide bonds. The molecule has 0 fully saturated rings. The van der Waals surface area contributed by atoms with Gasteiger partial charge < -0.3 is 9.47 Å². The van der Waals surface area contributed by atoms with E-state index in [1.807, 2.05) is 13.8 Å². The summed E-state index contributed by atoms with van der Waals surface area (Å²) in [6, 6.07) is 3.24. The largest absolute Gasteiger partial charge is 0.493 e. The summed E-state index contributed by atoms with van der Waals surface area (Å²) in [5.74, 6) is 1.36. The van der Waals surface area contributed by atoms with Crippen LogP contribution in [0.4, 0.5) is 0 Å². The number of hydrogen-bond acceptors (Lipinski definition) is 3. The zero-order valence-corrected chi connectivity index (χ0v) is 11.3. The van der Waals surface area contributed by atoms with Gasteiger partial charge in [-0.25, -0.2) is 0 Å². The van der Waals surface area contributed by atoms with Crippen molar-refractivity contribution in [3.63, 3.8) is 0 Å². The Morgan fingerprint density at radius 2 is 1.76 bits per heavy atom. The average molecular weight is 257 g/mol. The first-order valence-corrected chi connectivity index (χ1v) is 5.82. The van der Waals surface area contributed by atoms with E-state index in [2.05, 4.69) is 0 Å². The summed E-state index contributed by atoms with van der Waals surface area (Å²) >= 11 is 6.06. The lowest BCUT2D eigenvalue weighted by molar-refractivity contribution is 0.0967. The lowest BCUT2D eigenvalue weighted by atomic mass is 10.0. The van der Waals surface area contributed by atoms with Crippen LogP contribution in [0.5, 0.6) is 11.5 Å². The Labute approximate surface area is 107 Å². The van der Waals surface area contributed by atoms with Crippen molar-refractivity contribution in [3.05, 3.63) is 22.7 Å². The fourth-order valence-corrected chi connectivity index (χ4v) is 1.81. The van der Waals surface area contributed by atoms with Gasteiger partial charge in [-0.05, 0) is 12.0 Å². The summed E-state index contributed by atoms with van der Waals surface area (Å²) < 4.78 is 10.3. The van der Waals surface area contributed by atoms with E-state index >= 15 is 0 Å². The van der Waals surface area contributed by atoms with E-state index < -0.39 is 0 Å². The molecule has 0 aromatic heterocycles. The van der Waals surface area contributed by atoms with Gasteiger partial charge in [0.1, 0.15) is 0 Å². The van der Waals surface area contributed by atoms with Crippen molar-refractivity contribution in [1.29, 1.82) is 0 Å². The minimum absolute atomic E-state index is 0.0194. The molecule has 0 N–H and O–H groups in total. The van der Waals surface area contributed by atoms with Gasteiger partial charge in [-0.3, -0.25) is 4.79 Å². The Morgan fingerprint density at radius 3 is 2.24 bits per heavy atom. The van der Waals surface area contributed by atoms with E-state index in [1.165, 1.54) is 14.2 Å². The molecule has 0 heterocycles. The highest BCUT2D eigenvalue weighted by molar-refractivity contribution is 6.34. The Balaban J connectivity index is 3.12. The second-order valence-corrected chi connectivity index (χ2v) is 4.62. The normalized spacial score (nSPS) is 10.5. The highest BCUT2D eigenvalue weighted by Gasteiger charge is 2.16.